The molecule has 0 atom stereocenters. The largest absolute Gasteiger partial charge is 0.456 e. The van der Waals surface area contributed by atoms with Crippen LogP contribution in [0.25, 0.3) is 110 Å². The van der Waals surface area contributed by atoms with E-state index in [9.17, 15) is 17.8 Å². The molecule has 57 heavy (non-hydrogen) atoms. The van der Waals surface area contributed by atoms with Crippen LogP contribution in [0.4, 0.5) is 0 Å². The van der Waals surface area contributed by atoms with Gasteiger partial charge in [0.25, 0.3) is 0 Å². The van der Waals surface area contributed by atoms with E-state index in [2.05, 4.69) is 0 Å². The summed E-state index contributed by atoms with van der Waals surface area (Å²) in [5.74, 6) is 0. The van der Waals surface area contributed by atoms with Crippen molar-refractivity contribution >= 4 is 65.6 Å². The SMILES string of the molecule is [2H]c1c([2H])c([2H])c(-c2c([2H])c([2H])c([2H])c3oc4c([2H])c([2H])c(-n5c6c([2H])c([2H])c([2H])c([2H])c6c6c([2H])c(-c7c([2H])c([2H])c8c(c7[2H])c7c([2H])c([2H])c([2H])c([2H])c7n8-c7ccccc7-c7ccccc7)c([2H])c([2H])c65)c([2H])c4c23)c([2H])c1[2H]. The Morgan fingerprint density at radius 3 is 1.75 bits per heavy atom. The van der Waals surface area contributed by atoms with Gasteiger partial charge in [0.1, 0.15) is 11.2 Å². The maximum Gasteiger partial charge on any atom is 0.136 e. The van der Waals surface area contributed by atoms with Crippen LogP contribution in [-0.4, -0.2) is 9.13 Å². The smallest absolute Gasteiger partial charge is 0.136 e. The molecule has 266 valence electrons. The lowest BCUT2D eigenvalue weighted by Gasteiger charge is -2.14. The molecule has 3 heterocycles. The summed E-state index contributed by atoms with van der Waals surface area (Å²) in [6, 6.07) is -4.71. The molecule has 0 saturated carbocycles. The van der Waals surface area contributed by atoms with Crippen LogP contribution in [0.15, 0.2) is 210 Å². The highest BCUT2D eigenvalue weighted by Gasteiger charge is 2.19. The van der Waals surface area contributed by atoms with Crippen LogP contribution in [0.1, 0.15) is 34.3 Å². The third kappa shape index (κ3) is 4.86. The van der Waals surface area contributed by atoms with Gasteiger partial charge in [0.05, 0.1) is 62.0 Å². The highest BCUT2D eigenvalue weighted by atomic mass is 16.3. The second-order valence-electron chi connectivity index (χ2n) is 12.9. The van der Waals surface area contributed by atoms with Gasteiger partial charge in [-0.3, -0.25) is 0 Å². The summed E-state index contributed by atoms with van der Waals surface area (Å²) in [6.45, 7) is 0. The molecule has 0 radical (unpaired) electrons. The van der Waals surface area contributed by atoms with E-state index in [0.717, 1.165) is 4.57 Å². The van der Waals surface area contributed by atoms with Gasteiger partial charge in [-0.1, -0.05) is 139 Å². The Morgan fingerprint density at radius 1 is 0.368 bits per heavy atom. The van der Waals surface area contributed by atoms with Crippen molar-refractivity contribution in [2.24, 2.45) is 0 Å². The number of hydrogen-bond acceptors (Lipinski definition) is 1. The van der Waals surface area contributed by atoms with Crippen molar-refractivity contribution in [3.8, 4) is 44.8 Å². The van der Waals surface area contributed by atoms with Crippen molar-refractivity contribution in [1.82, 2.24) is 9.13 Å². The lowest BCUT2D eigenvalue weighted by molar-refractivity contribution is 0.669. The van der Waals surface area contributed by atoms with Crippen LogP contribution in [0.3, 0.4) is 0 Å². The fourth-order valence-electron chi connectivity index (χ4n) is 7.39. The lowest BCUT2D eigenvalue weighted by Crippen LogP contribution is -1.97. The first kappa shape index (κ1) is 15.9. The number of aromatic nitrogens is 2. The Hall–Kier alpha value is -7.62. The van der Waals surface area contributed by atoms with E-state index in [0.29, 0.717) is 16.8 Å². The molecule has 0 unspecified atom stereocenters. The molecule has 3 aromatic heterocycles. The van der Waals surface area contributed by atoms with E-state index in [1.54, 1.807) is 54.6 Å². The number of benzene rings is 9. The second-order valence-corrected chi connectivity index (χ2v) is 12.9. The molecule has 0 amide bonds. The molecule has 0 aliphatic rings. The molecule has 12 aromatic rings. The molecule has 0 spiro atoms. The van der Waals surface area contributed by atoms with Gasteiger partial charge in [-0.05, 0) is 94.3 Å². The zero-order valence-corrected chi connectivity index (χ0v) is 29.0. The first-order valence-corrected chi connectivity index (χ1v) is 17.5. The minimum Gasteiger partial charge on any atom is -0.456 e. The van der Waals surface area contributed by atoms with E-state index in [1.807, 2.05) is 0 Å². The summed E-state index contributed by atoms with van der Waals surface area (Å²) in [4.78, 5) is 0. The summed E-state index contributed by atoms with van der Waals surface area (Å²) in [5.41, 5.74) is -4.73. The number of furan rings is 1. The second kappa shape index (κ2) is 12.5. The molecule has 3 heteroatoms. The normalized spacial score (nSPS) is 18.0. The maximum absolute atomic E-state index is 10.0. The molecular weight excluding hydrogens is 693 g/mol. The summed E-state index contributed by atoms with van der Waals surface area (Å²) in [7, 11) is 0. The number of hydrogen-bond donors (Lipinski definition) is 0. The van der Waals surface area contributed by atoms with Gasteiger partial charge in [0, 0.05) is 43.6 Å². The summed E-state index contributed by atoms with van der Waals surface area (Å²) >= 11 is 0. The molecule has 0 aliphatic heterocycles. The topological polar surface area (TPSA) is 23.0 Å². The van der Waals surface area contributed by atoms with Crippen molar-refractivity contribution in [1.29, 1.82) is 0 Å². The van der Waals surface area contributed by atoms with Crippen molar-refractivity contribution in [3.05, 3.63) is 206 Å². The molecule has 0 bridgehead atoms. The van der Waals surface area contributed by atoms with E-state index in [-0.39, 0.29) is 21.8 Å². The van der Waals surface area contributed by atoms with Gasteiger partial charge in [0.2, 0.25) is 0 Å². The van der Waals surface area contributed by atoms with E-state index in [1.165, 1.54) is 4.57 Å². The number of nitrogens with zero attached hydrogens (tertiary/aromatic N) is 2. The van der Waals surface area contributed by atoms with Crippen molar-refractivity contribution in [3.63, 3.8) is 0 Å². The number of rotatable bonds is 5. The Bertz CT molecular complexity index is 4960. The zero-order chi connectivity index (χ0) is 59.2. The quantitative estimate of drug-likeness (QED) is 0.172. The van der Waals surface area contributed by atoms with Crippen LogP contribution < -0.4 is 0 Å². The minimum absolute atomic E-state index is 0.178. The average Bonchev–Trinajstić information content (AvgIpc) is 1.74. The van der Waals surface area contributed by atoms with Gasteiger partial charge in [-0.15, -0.1) is 0 Å². The molecule has 0 aliphatic carbocycles. The van der Waals surface area contributed by atoms with E-state index < -0.39 is 223 Å². The lowest BCUT2D eigenvalue weighted by atomic mass is 9.99. The van der Waals surface area contributed by atoms with Crippen molar-refractivity contribution < 1.29 is 38.7 Å². The summed E-state index contributed by atoms with van der Waals surface area (Å²) in [6.07, 6.45) is 0. The van der Waals surface area contributed by atoms with E-state index in [4.69, 9.17) is 20.9 Å². The molecule has 9 aromatic carbocycles. The Kier molecular flexibility index (Phi) is 3.46. The number of fused-ring (bicyclic) bond motifs is 9. The van der Waals surface area contributed by atoms with Crippen LogP contribution in [0.2, 0.25) is 0 Å². The minimum atomic E-state index is -0.958. The third-order valence-corrected chi connectivity index (χ3v) is 9.83. The average molecular weight is 752 g/mol. The van der Waals surface area contributed by atoms with Gasteiger partial charge in [0.15, 0.2) is 0 Å². The van der Waals surface area contributed by atoms with Crippen LogP contribution >= 0.6 is 0 Å². The first-order chi connectivity index (χ1) is 38.7. The molecule has 0 N–H and O–H groups in total. The highest BCUT2D eigenvalue weighted by Crippen LogP contribution is 2.42. The van der Waals surface area contributed by atoms with E-state index >= 15 is 0 Å². The van der Waals surface area contributed by atoms with Crippen molar-refractivity contribution in [2.75, 3.05) is 0 Å². The van der Waals surface area contributed by atoms with Gasteiger partial charge < -0.3 is 13.6 Å². The monoisotopic (exact) mass is 751 g/mol. The van der Waals surface area contributed by atoms with Gasteiger partial charge in [-0.2, -0.15) is 0 Å². The Morgan fingerprint density at radius 2 is 1.00 bits per heavy atom. The Labute approximate surface area is 364 Å². The van der Waals surface area contributed by atoms with Crippen molar-refractivity contribution in [2.45, 2.75) is 0 Å². The molecule has 12 rings (SSSR count). The molecule has 0 saturated heterocycles. The summed E-state index contributed by atoms with van der Waals surface area (Å²) in [5, 5.41) is -2.69. The zero-order valence-electron chi connectivity index (χ0n) is 54.0. The standard InChI is InChI=1S/C54H34N2O/c1-3-14-35(15-4-1)40-18-7-10-22-47(40)56-49-24-12-9-20-43(49)45-33-38(27-30-51(45)56)37-26-29-50-44(32-37)42-19-8-11-23-48(42)55(50)39-28-31-52-46(34-39)54-41(21-13-25-53(54)57-52)36-16-5-2-6-17-36/h1-34H/i2D,5D,6D,8D,9D,11D,12D,13D,16D,17D,19D,20D,21D,23D,24D,25D,26D,27D,28D,29D,30D,31D,32D,33D,34D. The molecule has 0 fully saturated rings. The predicted octanol–water partition coefficient (Wildman–Crippen LogP) is 14.8. The third-order valence-electron chi connectivity index (χ3n) is 9.83. The van der Waals surface area contributed by atoms with Crippen LogP contribution in [0.5, 0.6) is 0 Å². The Balaban J connectivity index is 1.25. The fraction of sp³-hybridized carbons (Fsp3) is 0. The van der Waals surface area contributed by atoms with Crippen LogP contribution in [-0.2, 0) is 0 Å². The van der Waals surface area contributed by atoms with Crippen LogP contribution in [0, 0.1) is 0 Å². The predicted molar refractivity (Wildman–Crippen MR) is 239 cm³/mol. The fourth-order valence-corrected chi connectivity index (χ4v) is 7.39. The summed E-state index contributed by atoms with van der Waals surface area (Å²) < 4.78 is 238. The molecule has 3 nitrogen and oxygen atoms in total. The first-order valence-electron chi connectivity index (χ1n) is 30.0. The maximum atomic E-state index is 10.0. The van der Waals surface area contributed by atoms with Gasteiger partial charge in [-0.25, -0.2) is 0 Å². The number of para-hydroxylation sites is 3. The highest BCUT2D eigenvalue weighted by molar-refractivity contribution is 6.15. The molecular formula is C54H34N2O. The van der Waals surface area contributed by atoms with Gasteiger partial charge >= 0.3 is 0 Å².